The van der Waals surface area contributed by atoms with Crippen molar-refractivity contribution in [1.29, 1.82) is 0 Å². The molecule has 29 heavy (non-hydrogen) atoms. The fourth-order valence-electron chi connectivity index (χ4n) is 2.39. The van der Waals surface area contributed by atoms with Crippen molar-refractivity contribution in [2.24, 2.45) is 5.92 Å². The lowest BCUT2D eigenvalue weighted by atomic mass is 10.1. The summed E-state index contributed by atoms with van der Waals surface area (Å²) in [5.74, 6) is -0.550. The molecule has 5 nitrogen and oxygen atoms in total. The molecule has 0 aliphatic heterocycles. The molecule has 0 bridgehead atoms. The minimum atomic E-state index is -4.49. The Morgan fingerprint density at radius 3 is 2.24 bits per heavy atom. The van der Waals surface area contributed by atoms with Gasteiger partial charge in [0.2, 0.25) is 5.91 Å². The van der Waals surface area contributed by atoms with Crippen LogP contribution in [0.15, 0.2) is 48.5 Å². The fourth-order valence-corrected chi connectivity index (χ4v) is 2.62. The largest absolute Gasteiger partial charge is 0.416 e. The minimum absolute atomic E-state index is 0.0427. The van der Waals surface area contributed by atoms with Gasteiger partial charge in [-0.2, -0.15) is 13.2 Å². The SMILES string of the molecule is CC(C)CC(=O)NC(=S)Nc1ccc(C(=O)Nc2cccc(C(F)(F)F)c2)cc1. The van der Waals surface area contributed by atoms with E-state index in [1.165, 1.54) is 24.3 Å². The minimum Gasteiger partial charge on any atom is -0.332 e. The molecule has 0 spiro atoms. The molecular formula is C20H20F3N3O2S. The van der Waals surface area contributed by atoms with Crippen LogP contribution in [0.25, 0.3) is 0 Å². The maximum absolute atomic E-state index is 12.8. The third kappa shape index (κ3) is 7.19. The third-order valence-corrected chi connectivity index (χ3v) is 3.90. The number of hydrogen-bond donors (Lipinski definition) is 3. The average molecular weight is 423 g/mol. The molecule has 0 heterocycles. The Morgan fingerprint density at radius 2 is 1.66 bits per heavy atom. The van der Waals surface area contributed by atoms with Gasteiger partial charge in [-0.3, -0.25) is 9.59 Å². The number of alkyl halides is 3. The zero-order valence-corrected chi connectivity index (χ0v) is 16.6. The first-order valence-electron chi connectivity index (χ1n) is 8.74. The number of hydrogen-bond acceptors (Lipinski definition) is 3. The molecule has 0 aliphatic rings. The summed E-state index contributed by atoms with van der Waals surface area (Å²) in [7, 11) is 0. The maximum Gasteiger partial charge on any atom is 0.416 e. The lowest BCUT2D eigenvalue weighted by Crippen LogP contribution is -2.34. The van der Waals surface area contributed by atoms with E-state index in [0.29, 0.717) is 12.1 Å². The van der Waals surface area contributed by atoms with Crippen molar-refractivity contribution < 1.29 is 22.8 Å². The van der Waals surface area contributed by atoms with Crippen molar-refractivity contribution in [3.05, 3.63) is 59.7 Å². The van der Waals surface area contributed by atoms with Gasteiger partial charge in [0, 0.05) is 23.4 Å². The van der Waals surface area contributed by atoms with Crippen molar-refractivity contribution in [1.82, 2.24) is 5.32 Å². The van der Waals surface area contributed by atoms with E-state index in [-0.39, 0.29) is 28.2 Å². The van der Waals surface area contributed by atoms with Gasteiger partial charge in [-0.05, 0) is 60.6 Å². The molecular weight excluding hydrogens is 403 g/mol. The molecule has 0 radical (unpaired) electrons. The topological polar surface area (TPSA) is 70.2 Å². The first-order valence-corrected chi connectivity index (χ1v) is 9.15. The van der Waals surface area contributed by atoms with Crippen LogP contribution in [0.3, 0.4) is 0 Å². The van der Waals surface area contributed by atoms with E-state index in [0.717, 1.165) is 12.1 Å². The quantitative estimate of drug-likeness (QED) is 0.604. The summed E-state index contributed by atoms with van der Waals surface area (Å²) in [6.45, 7) is 3.83. The fraction of sp³-hybridized carbons (Fsp3) is 0.250. The molecule has 0 fully saturated rings. The smallest absolute Gasteiger partial charge is 0.332 e. The first-order chi connectivity index (χ1) is 13.5. The lowest BCUT2D eigenvalue weighted by molar-refractivity contribution is -0.137. The molecule has 3 N–H and O–H groups in total. The third-order valence-electron chi connectivity index (χ3n) is 3.70. The van der Waals surface area contributed by atoms with Gasteiger partial charge in [0.05, 0.1) is 5.56 Å². The van der Waals surface area contributed by atoms with E-state index in [2.05, 4.69) is 16.0 Å². The second-order valence-corrected chi connectivity index (χ2v) is 7.12. The molecule has 2 aromatic carbocycles. The van der Waals surface area contributed by atoms with Crippen molar-refractivity contribution in [3.63, 3.8) is 0 Å². The predicted molar refractivity (Wildman–Crippen MR) is 110 cm³/mol. The van der Waals surface area contributed by atoms with Gasteiger partial charge in [-0.25, -0.2) is 0 Å². The number of halogens is 3. The lowest BCUT2D eigenvalue weighted by Gasteiger charge is -2.12. The molecule has 2 rings (SSSR count). The van der Waals surface area contributed by atoms with Crippen LogP contribution in [0.4, 0.5) is 24.5 Å². The molecule has 154 valence electrons. The summed E-state index contributed by atoms with van der Waals surface area (Å²) in [5, 5.41) is 7.96. The van der Waals surface area contributed by atoms with Crippen LogP contribution < -0.4 is 16.0 Å². The molecule has 0 saturated heterocycles. The highest BCUT2D eigenvalue weighted by Crippen LogP contribution is 2.30. The summed E-state index contributed by atoms with van der Waals surface area (Å²) >= 11 is 5.06. The van der Waals surface area contributed by atoms with Gasteiger partial charge in [-0.1, -0.05) is 19.9 Å². The van der Waals surface area contributed by atoms with Gasteiger partial charge < -0.3 is 16.0 Å². The number of amides is 2. The number of benzene rings is 2. The van der Waals surface area contributed by atoms with Crippen LogP contribution in [0.2, 0.25) is 0 Å². The molecule has 9 heteroatoms. The molecule has 2 aromatic rings. The van der Waals surface area contributed by atoms with Gasteiger partial charge >= 0.3 is 6.18 Å². The Labute approximate surface area is 171 Å². The van der Waals surface area contributed by atoms with Gasteiger partial charge in [-0.15, -0.1) is 0 Å². The second-order valence-electron chi connectivity index (χ2n) is 6.71. The van der Waals surface area contributed by atoms with Crippen LogP contribution in [-0.2, 0) is 11.0 Å². The average Bonchev–Trinajstić information content (AvgIpc) is 2.60. The Kier molecular flexibility index (Phi) is 7.33. The van der Waals surface area contributed by atoms with Crippen molar-refractivity contribution in [2.75, 3.05) is 10.6 Å². The van der Waals surface area contributed by atoms with Gasteiger partial charge in [0.1, 0.15) is 0 Å². The zero-order chi connectivity index (χ0) is 21.6. The highest BCUT2D eigenvalue weighted by atomic mass is 32.1. The van der Waals surface area contributed by atoms with E-state index >= 15 is 0 Å². The Hall–Kier alpha value is -2.94. The van der Waals surface area contributed by atoms with E-state index in [4.69, 9.17) is 12.2 Å². The number of rotatable bonds is 5. The summed E-state index contributed by atoms with van der Waals surface area (Å²) in [6.07, 6.45) is -4.15. The molecule has 0 unspecified atom stereocenters. The summed E-state index contributed by atoms with van der Waals surface area (Å²) in [6, 6.07) is 10.5. The molecule has 0 aromatic heterocycles. The summed E-state index contributed by atoms with van der Waals surface area (Å²) in [4.78, 5) is 24.0. The highest BCUT2D eigenvalue weighted by molar-refractivity contribution is 7.80. The molecule has 0 saturated carbocycles. The number of carbonyl (C=O) groups is 2. The van der Waals surface area contributed by atoms with E-state index in [1.54, 1.807) is 12.1 Å². The molecule has 0 aliphatic carbocycles. The normalized spacial score (nSPS) is 11.1. The van der Waals surface area contributed by atoms with Crippen LogP contribution in [0.1, 0.15) is 36.2 Å². The predicted octanol–water partition coefficient (Wildman–Crippen LogP) is 4.82. The monoisotopic (exact) mass is 423 g/mol. The second kappa shape index (κ2) is 9.51. The van der Waals surface area contributed by atoms with Crippen molar-refractivity contribution >= 4 is 40.5 Å². The van der Waals surface area contributed by atoms with Gasteiger partial charge in [0.15, 0.2) is 5.11 Å². The Morgan fingerprint density at radius 1 is 1.00 bits per heavy atom. The van der Waals surface area contributed by atoms with Crippen molar-refractivity contribution in [2.45, 2.75) is 26.4 Å². The van der Waals surface area contributed by atoms with Crippen molar-refractivity contribution in [3.8, 4) is 0 Å². The Balaban J connectivity index is 1.97. The number of thiocarbonyl (C=S) groups is 1. The number of carbonyl (C=O) groups excluding carboxylic acids is 2. The van der Waals surface area contributed by atoms with Crippen LogP contribution >= 0.6 is 12.2 Å². The van der Waals surface area contributed by atoms with Crippen LogP contribution in [0, 0.1) is 5.92 Å². The van der Waals surface area contributed by atoms with Gasteiger partial charge in [0.25, 0.3) is 5.91 Å². The zero-order valence-electron chi connectivity index (χ0n) is 15.8. The molecule has 0 atom stereocenters. The number of nitrogens with one attached hydrogen (secondary N) is 3. The standard InChI is InChI=1S/C20H20F3N3O2S/c1-12(2)10-17(27)26-19(29)25-15-8-6-13(7-9-15)18(28)24-16-5-3-4-14(11-16)20(21,22)23/h3-9,11-12H,10H2,1-2H3,(H,24,28)(H2,25,26,27,29). The summed E-state index contributed by atoms with van der Waals surface area (Å²) < 4.78 is 38.3. The summed E-state index contributed by atoms with van der Waals surface area (Å²) in [5.41, 5.74) is 0.00197. The maximum atomic E-state index is 12.8. The van der Waals surface area contributed by atoms with Crippen LogP contribution in [0.5, 0.6) is 0 Å². The number of anilines is 2. The highest BCUT2D eigenvalue weighted by Gasteiger charge is 2.30. The van der Waals surface area contributed by atoms with E-state index in [1.807, 2.05) is 13.8 Å². The Bertz CT molecular complexity index is 897. The molecule has 2 amide bonds. The van der Waals surface area contributed by atoms with Crippen LogP contribution in [-0.4, -0.2) is 16.9 Å². The first kappa shape index (κ1) is 22.4. The van der Waals surface area contributed by atoms with E-state index < -0.39 is 17.6 Å². The van der Waals surface area contributed by atoms with E-state index in [9.17, 15) is 22.8 Å².